The van der Waals surface area contributed by atoms with Gasteiger partial charge in [-0.3, -0.25) is 4.79 Å². The highest BCUT2D eigenvalue weighted by molar-refractivity contribution is 6.33. The summed E-state index contributed by atoms with van der Waals surface area (Å²) < 4.78 is 1.26. The van der Waals surface area contributed by atoms with Crippen LogP contribution >= 0.6 is 11.6 Å². The van der Waals surface area contributed by atoms with E-state index >= 15 is 0 Å². The van der Waals surface area contributed by atoms with Gasteiger partial charge in [-0.15, -0.1) is 0 Å². The van der Waals surface area contributed by atoms with E-state index in [4.69, 9.17) is 17.3 Å². The summed E-state index contributed by atoms with van der Waals surface area (Å²) in [6.45, 7) is 0. The second-order valence-corrected chi connectivity index (χ2v) is 5.05. The molecule has 6 heteroatoms. The lowest BCUT2D eigenvalue weighted by Gasteiger charge is -2.10. The third-order valence-electron chi connectivity index (χ3n) is 3.09. The standard InChI is InChI=1S/C16H13ClN4O/c17-15-14(20-12-6-4-5-11(18)9-12)10-19-21(16(15)22)13-7-2-1-3-8-13/h1-10,20H,18H2. The number of nitrogens with one attached hydrogen (secondary N) is 1. The number of benzene rings is 2. The van der Waals surface area contributed by atoms with Gasteiger partial charge < -0.3 is 11.1 Å². The molecule has 0 aliphatic rings. The number of para-hydroxylation sites is 1. The van der Waals surface area contributed by atoms with Crippen LogP contribution in [0.4, 0.5) is 17.1 Å². The summed E-state index contributed by atoms with van der Waals surface area (Å²) in [4.78, 5) is 12.4. The Labute approximate surface area is 132 Å². The minimum absolute atomic E-state index is 0.0706. The van der Waals surface area contributed by atoms with Crippen molar-refractivity contribution in [3.05, 3.63) is 76.2 Å². The molecule has 3 N–H and O–H groups in total. The van der Waals surface area contributed by atoms with Crippen LogP contribution in [-0.4, -0.2) is 9.78 Å². The Morgan fingerprint density at radius 3 is 2.59 bits per heavy atom. The number of halogens is 1. The molecule has 0 atom stereocenters. The Balaban J connectivity index is 1.99. The minimum atomic E-state index is -0.387. The number of hydrogen-bond acceptors (Lipinski definition) is 4. The van der Waals surface area contributed by atoms with Crippen LogP contribution in [0.2, 0.25) is 5.02 Å². The molecule has 0 saturated carbocycles. The molecule has 0 saturated heterocycles. The molecule has 0 aliphatic heterocycles. The lowest BCUT2D eigenvalue weighted by molar-refractivity contribution is 0.809. The molecule has 0 bridgehead atoms. The minimum Gasteiger partial charge on any atom is -0.399 e. The van der Waals surface area contributed by atoms with Gasteiger partial charge in [0.15, 0.2) is 0 Å². The molecule has 3 rings (SSSR count). The normalized spacial score (nSPS) is 10.4. The molecule has 1 aromatic heterocycles. The number of anilines is 3. The fourth-order valence-corrected chi connectivity index (χ4v) is 2.22. The van der Waals surface area contributed by atoms with E-state index in [-0.39, 0.29) is 10.6 Å². The maximum absolute atomic E-state index is 12.4. The highest BCUT2D eigenvalue weighted by Crippen LogP contribution is 2.23. The molecule has 22 heavy (non-hydrogen) atoms. The van der Waals surface area contributed by atoms with Gasteiger partial charge in [0.25, 0.3) is 5.56 Å². The van der Waals surface area contributed by atoms with E-state index < -0.39 is 0 Å². The number of nitrogens with zero attached hydrogens (tertiary/aromatic N) is 2. The van der Waals surface area contributed by atoms with Gasteiger partial charge in [0.05, 0.1) is 17.6 Å². The van der Waals surface area contributed by atoms with Gasteiger partial charge >= 0.3 is 0 Å². The second-order valence-electron chi connectivity index (χ2n) is 4.68. The highest BCUT2D eigenvalue weighted by Gasteiger charge is 2.10. The van der Waals surface area contributed by atoms with Crippen molar-refractivity contribution in [3.8, 4) is 5.69 Å². The summed E-state index contributed by atoms with van der Waals surface area (Å²) in [6.07, 6.45) is 1.51. The van der Waals surface area contributed by atoms with Crippen molar-refractivity contribution in [1.82, 2.24) is 9.78 Å². The highest BCUT2D eigenvalue weighted by atomic mass is 35.5. The fraction of sp³-hybridized carbons (Fsp3) is 0. The first-order valence-corrected chi connectivity index (χ1v) is 6.99. The van der Waals surface area contributed by atoms with Crippen molar-refractivity contribution >= 4 is 28.7 Å². The number of aromatic nitrogens is 2. The third-order valence-corrected chi connectivity index (χ3v) is 3.45. The van der Waals surface area contributed by atoms with Gasteiger partial charge in [-0.1, -0.05) is 35.9 Å². The van der Waals surface area contributed by atoms with Crippen LogP contribution in [0.1, 0.15) is 0 Å². The van der Waals surface area contributed by atoms with Gasteiger partial charge in [-0.2, -0.15) is 9.78 Å². The number of nitrogens with two attached hydrogens (primary N) is 1. The summed E-state index contributed by atoms with van der Waals surface area (Å²) in [5.41, 5.74) is 7.78. The van der Waals surface area contributed by atoms with Crippen LogP contribution in [0, 0.1) is 0 Å². The maximum Gasteiger partial charge on any atom is 0.292 e. The van der Waals surface area contributed by atoms with E-state index in [9.17, 15) is 4.79 Å². The van der Waals surface area contributed by atoms with E-state index in [0.717, 1.165) is 5.69 Å². The topological polar surface area (TPSA) is 72.9 Å². The van der Waals surface area contributed by atoms with Crippen molar-refractivity contribution in [2.24, 2.45) is 0 Å². The van der Waals surface area contributed by atoms with Crippen LogP contribution in [0.15, 0.2) is 65.6 Å². The van der Waals surface area contributed by atoms with Gasteiger partial charge in [0.2, 0.25) is 0 Å². The Bertz CT molecular complexity index is 862. The molecular weight excluding hydrogens is 300 g/mol. The molecule has 110 valence electrons. The van der Waals surface area contributed by atoms with Crippen LogP contribution < -0.4 is 16.6 Å². The summed E-state index contributed by atoms with van der Waals surface area (Å²) in [7, 11) is 0. The Morgan fingerprint density at radius 2 is 1.86 bits per heavy atom. The van der Waals surface area contributed by atoms with Gasteiger partial charge in [0, 0.05) is 11.4 Å². The predicted molar refractivity (Wildman–Crippen MR) is 89.0 cm³/mol. The quantitative estimate of drug-likeness (QED) is 0.728. The van der Waals surface area contributed by atoms with Gasteiger partial charge in [0.1, 0.15) is 5.02 Å². The molecule has 0 aliphatic carbocycles. The van der Waals surface area contributed by atoms with E-state index in [1.807, 2.05) is 30.3 Å². The molecule has 1 heterocycles. The summed E-state index contributed by atoms with van der Waals surface area (Å²) in [5.74, 6) is 0. The van der Waals surface area contributed by atoms with Crippen molar-refractivity contribution in [1.29, 1.82) is 0 Å². The second kappa shape index (κ2) is 5.91. The zero-order chi connectivity index (χ0) is 15.5. The Hall–Kier alpha value is -2.79. The van der Waals surface area contributed by atoms with E-state index in [1.54, 1.807) is 24.3 Å². The van der Waals surface area contributed by atoms with Gasteiger partial charge in [-0.05, 0) is 30.3 Å². The first kappa shape index (κ1) is 14.2. The van der Waals surface area contributed by atoms with Crippen LogP contribution in [0.25, 0.3) is 5.69 Å². The average Bonchev–Trinajstić information content (AvgIpc) is 2.53. The molecule has 3 aromatic rings. The predicted octanol–water partition coefficient (Wildman–Crippen LogP) is 3.21. The van der Waals surface area contributed by atoms with Gasteiger partial charge in [-0.25, -0.2) is 0 Å². The molecule has 0 amide bonds. The average molecular weight is 313 g/mol. The number of hydrogen-bond donors (Lipinski definition) is 2. The third kappa shape index (κ3) is 2.80. The van der Waals surface area contributed by atoms with Crippen molar-refractivity contribution < 1.29 is 0 Å². The molecule has 0 unspecified atom stereocenters. The zero-order valence-corrected chi connectivity index (χ0v) is 12.3. The van der Waals surface area contributed by atoms with Crippen molar-refractivity contribution in [3.63, 3.8) is 0 Å². The molecule has 2 aromatic carbocycles. The number of nitrogen functional groups attached to an aromatic ring is 1. The summed E-state index contributed by atoms with van der Waals surface area (Å²) in [5, 5.41) is 7.27. The lowest BCUT2D eigenvalue weighted by Crippen LogP contribution is -2.22. The monoisotopic (exact) mass is 312 g/mol. The van der Waals surface area contributed by atoms with E-state index in [2.05, 4.69) is 10.4 Å². The Kier molecular flexibility index (Phi) is 3.80. The molecule has 0 radical (unpaired) electrons. The first-order valence-electron chi connectivity index (χ1n) is 6.61. The molecular formula is C16H13ClN4O. The maximum atomic E-state index is 12.4. The molecule has 0 fully saturated rings. The van der Waals surface area contributed by atoms with Crippen LogP contribution in [-0.2, 0) is 0 Å². The first-order chi connectivity index (χ1) is 10.6. The Morgan fingerprint density at radius 1 is 1.09 bits per heavy atom. The fourth-order valence-electron chi connectivity index (χ4n) is 2.04. The van der Waals surface area contributed by atoms with Crippen molar-refractivity contribution in [2.75, 3.05) is 11.1 Å². The van der Waals surface area contributed by atoms with Crippen LogP contribution in [0.5, 0.6) is 0 Å². The smallest absolute Gasteiger partial charge is 0.292 e. The van der Waals surface area contributed by atoms with Crippen LogP contribution in [0.3, 0.4) is 0 Å². The molecule has 5 nitrogen and oxygen atoms in total. The zero-order valence-electron chi connectivity index (χ0n) is 11.5. The largest absolute Gasteiger partial charge is 0.399 e. The summed E-state index contributed by atoms with van der Waals surface area (Å²) >= 11 is 6.17. The SMILES string of the molecule is Nc1cccc(Nc2cnn(-c3ccccc3)c(=O)c2Cl)c1. The van der Waals surface area contributed by atoms with Crippen molar-refractivity contribution in [2.45, 2.75) is 0 Å². The summed E-state index contributed by atoms with van der Waals surface area (Å²) in [6, 6.07) is 16.3. The van der Waals surface area contributed by atoms with E-state index in [0.29, 0.717) is 17.1 Å². The van der Waals surface area contributed by atoms with E-state index in [1.165, 1.54) is 10.9 Å². The molecule has 0 spiro atoms. The lowest BCUT2D eigenvalue weighted by atomic mass is 10.2. The number of rotatable bonds is 3.